The highest BCUT2D eigenvalue weighted by atomic mass is 19.1. The zero-order valence-electron chi connectivity index (χ0n) is 16.0. The van der Waals surface area contributed by atoms with Crippen molar-refractivity contribution < 1.29 is 27.6 Å². The van der Waals surface area contributed by atoms with Gasteiger partial charge in [0.15, 0.2) is 0 Å². The standard InChI is InChI=1S/C20H16F2N4O4/c1-20(13-9-11(21)7-8-14(13)22)18(27)26(19(28)24-20)10-16-23-17(25-30-16)12-5-3-4-6-15(12)29-2/h3-9H,10H2,1-2H3,(H,24,28). The van der Waals surface area contributed by atoms with E-state index in [0.29, 0.717) is 11.3 Å². The number of para-hydroxylation sites is 1. The van der Waals surface area contributed by atoms with Gasteiger partial charge in [0.25, 0.3) is 5.91 Å². The van der Waals surface area contributed by atoms with Crippen LogP contribution in [0.25, 0.3) is 11.4 Å². The largest absolute Gasteiger partial charge is 0.496 e. The van der Waals surface area contributed by atoms with Gasteiger partial charge in [0, 0.05) is 5.56 Å². The van der Waals surface area contributed by atoms with Gasteiger partial charge >= 0.3 is 6.03 Å². The first-order valence-electron chi connectivity index (χ1n) is 8.89. The molecule has 0 saturated carbocycles. The van der Waals surface area contributed by atoms with E-state index >= 15 is 0 Å². The molecule has 2 heterocycles. The molecule has 0 radical (unpaired) electrons. The number of imide groups is 1. The van der Waals surface area contributed by atoms with Crippen molar-refractivity contribution in [1.29, 1.82) is 0 Å². The Kier molecular flexibility index (Phi) is 4.69. The van der Waals surface area contributed by atoms with E-state index in [-0.39, 0.29) is 23.8 Å². The molecule has 2 aromatic carbocycles. The number of methoxy groups -OCH3 is 1. The van der Waals surface area contributed by atoms with E-state index in [1.807, 2.05) is 0 Å². The zero-order chi connectivity index (χ0) is 21.5. The molecule has 0 bridgehead atoms. The third-order valence-corrected chi connectivity index (χ3v) is 4.85. The number of aromatic nitrogens is 2. The van der Waals surface area contributed by atoms with Gasteiger partial charge in [-0.05, 0) is 37.3 Å². The summed E-state index contributed by atoms with van der Waals surface area (Å²) in [6.45, 7) is 0.971. The summed E-state index contributed by atoms with van der Waals surface area (Å²) >= 11 is 0. The minimum atomic E-state index is -1.77. The average molecular weight is 414 g/mol. The highest BCUT2D eigenvalue weighted by Crippen LogP contribution is 2.32. The number of hydrogen-bond acceptors (Lipinski definition) is 6. The molecule has 0 spiro atoms. The molecule has 1 aliphatic heterocycles. The molecule has 0 aliphatic carbocycles. The lowest BCUT2D eigenvalue weighted by atomic mass is 9.91. The molecule has 3 amide bonds. The number of amides is 3. The second-order valence-corrected chi connectivity index (χ2v) is 6.78. The summed E-state index contributed by atoms with van der Waals surface area (Å²) in [5.41, 5.74) is -1.48. The number of halogens is 2. The highest BCUT2D eigenvalue weighted by molar-refractivity contribution is 6.07. The predicted molar refractivity (Wildman–Crippen MR) is 99.1 cm³/mol. The lowest BCUT2D eigenvalue weighted by Gasteiger charge is -2.22. The van der Waals surface area contributed by atoms with E-state index in [4.69, 9.17) is 9.26 Å². The number of nitrogens with one attached hydrogen (secondary N) is 1. The van der Waals surface area contributed by atoms with E-state index in [9.17, 15) is 18.4 Å². The smallest absolute Gasteiger partial charge is 0.325 e. The van der Waals surface area contributed by atoms with E-state index in [0.717, 1.165) is 23.1 Å². The Balaban J connectivity index is 1.61. The minimum absolute atomic E-state index is 0.0108. The highest BCUT2D eigenvalue weighted by Gasteiger charge is 2.50. The molecule has 1 fully saturated rings. The lowest BCUT2D eigenvalue weighted by Crippen LogP contribution is -2.41. The van der Waals surface area contributed by atoms with Crippen LogP contribution in [0.2, 0.25) is 0 Å². The van der Waals surface area contributed by atoms with Gasteiger partial charge < -0.3 is 14.6 Å². The molecule has 1 aromatic heterocycles. The van der Waals surface area contributed by atoms with Crippen molar-refractivity contribution in [3.8, 4) is 17.1 Å². The number of nitrogens with zero attached hydrogens (tertiary/aromatic N) is 3. The first kappa shape index (κ1) is 19.5. The molecule has 30 heavy (non-hydrogen) atoms. The van der Waals surface area contributed by atoms with Crippen LogP contribution in [0, 0.1) is 11.6 Å². The maximum absolute atomic E-state index is 14.2. The van der Waals surface area contributed by atoms with Crippen molar-refractivity contribution in [2.24, 2.45) is 0 Å². The fraction of sp³-hybridized carbons (Fsp3) is 0.200. The van der Waals surface area contributed by atoms with Crippen LogP contribution in [0.4, 0.5) is 13.6 Å². The van der Waals surface area contributed by atoms with Crippen LogP contribution in [0.15, 0.2) is 47.0 Å². The third-order valence-electron chi connectivity index (χ3n) is 4.85. The van der Waals surface area contributed by atoms with Crippen molar-refractivity contribution in [3.63, 3.8) is 0 Å². The van der Waals surface area contributed by atoms with Gasteiger partial charge in [-0.2, -0.15) is 4.98 Å². The van der Waals surface area contributed by atoms with E-state index < -0.39 is 29.1 Å². The molecule has 3 aromatic rings. The van der Waals surface area contributed by atoms with Gasteiger partial charge in [-0.1, -0.05) is 17.3 Å². The topological polar surface area (TPSA) is 97.6 Å². The third kappa shape index (κ3) is 3.15. The van der Waals surface area contributed by atoms with Crippen molar-refractivity contribution in [2.45, 2.75) is 19.0 Å². The number of urea groups is 1. The molecular formula is C20H16F2N4O4. The summed E-state index contributed by atoms with van der Waals surface area (Å²) in [6.07, 6.45) is 0. The maximum Gasteiger partial charge on any atom is 0.325 e. The molecule has 4 rings (SSSR count). The number of benzene rings is 2. The average Bonchev–Trinajstić information content (AvgIpc) is 3.29. The minimum Gasteiger partial charge on any atom is -0.496 e. The van der Waals surface area contributed by atoms with Crippen LogP contribution >= 0.6 is 0 Å². The maximum atomic E-state index is 14.2. The number of carbonyl (C=O) groups is 2. The molecule has 1 unspecified atom stereocenters. The van der Waals surface area contributed by atoms with Crippen molar-refractivity contribution >= 4 is 11.9 Å². The second kappa shape index (κ2) is 7.21. The van der Waals surface area contributed by atoms with Crippen molar-refractivity contribution in [2.75, 3.05) is 7.11 Å². The Morgan fingerprint density at radius 2 is 1.97 bits per heavy atom. The number of rotatable bonds is 5. The van der Waals surface area contributed by atoms with Crippen molar-refractivity contribution in [1.82, 2.24) is 20.4 Å². The van der Waals surface area contributed by atoms with Gasteiger partial charge in [-0.25, -0.2) is 13.6 Å². The molecule has 1 aliphatic rings. The summed E-state index contributed by atoms with van der Waals surface area (Å²) < 4.78 is 38.3. The molecule has 8 nitrogen and oxygen atoms in total. The van der Waals surface area contributed by atoms with Gasteiger partial charge in [0.05, 0.1) is 12.7 Å². The molecule has 1 saturated heterocycles. The SMILES string of the molecule is COc1ccccc1-c1noc(CN2C(=O)NC(C)(c3cc(F)ccc3F)C2=O)n1. The van der Waals surface area contributed by atoms with E-state index in [1.54, 1.807) is 24.3 Å². The number of carbonyl (C=O) groups excluding carboxylic acids is 2. The monoisotopic (exact) mass is 414 g/mol. The predicted octanol–water partition coefficient (Wildman–Crippen LogP) is 2.99. The fourth-order valence-electron chi connectivity index (χ4n) is 3.30. The fourth-order valence-corrected chi connectivity index (χ4v) is 3.30. The second-order valence-electron chi connectivity index (χ2n) is 6.78. The molecule has 154 valence electrons. The van der Waals surface area contributed by atoms with Crippen LogP contribution in [0.3, 0.4) is 0 Å². The Labute approximate surface area is 169 Å². The van der Waals surface area contributed by atoms with Gasteiger partial charge in [0.2, 0.25) is 11.7 Å². The summed E-state index contributed by atoms with van der Waals surface area (Å²) in [7, 11) is 1.50. The van der Waals surface area contributed by atoms with Gasteiger partial charge in [-0.3, -0.25) is 9.69 Å². The molecule has 1 atom stereocenters. The summed E-state index contributed by atoms with van der Waals surface area (Å²) in [4.78, 5) is 30.4. The quantitative estimate of drug-likeness (QED) is 0.645. The van der Waals surface area contributed by atoms with Gasteiger partial charge in [0.1, 0.15) is 29.5 Å². The van der Waals surface area contributed by atoms with Gasteiger partial charge in [-0.15, -0.1) is 0 Å². The van der Waals surface area contributed by atoms with Crippen molar-refractivity contribution in [3.05, 3.63) is 65.6 Å². The summed E-state index contributed by atoms with van der Waals surface area (Å²) in [5.74, 6) is -1.59. The Morgan fingerprint density at radius 3 is 2.73 bits per heavy atom. The Bertz CT molecular complexity index is 1150. The summed E-state index contributed by atoms with van der Waals surface area (Å²) in [6, 6.07) is 8.92. The van der Waals surface area contributed by atoms with Crippen LogP contribution in [0.5, 0.6) is 5.75 Å². The molecular weight excluding hydrogens is 398 g/mol. The molecule has 1 N–H and O–H groups in total. The van der Waals surface area contributed by atoms with Crippen LogP contribution < -0.4 is 10.1 Å². The summed E-state index contributed by atoms with van der Waals surface area (Å²) in [5, 5.41) is 6.27. The van der Waals surface area contributed by atoms with E-state index in [1.165, 1.54) is 14.0 Å². The Hall–Kier alpha value is -3.82. The number of ether oxygens (including phenoxy) is 1. The number of hydrogen-bond donors (Lipinski definition) is 1. The lowest BCUT2D eigenvalue weighted by molar-refractivity contribution is -0.131. The first-order valence-corrected chi connectivity index (χ1v) is 8.89. The van der Waals surface area contributed by atoms with Crippen LogP contribution in [-0.4, -0.2) is 34.1 Å². The van der Waals surface area contributed by atoms with Crippen LogP contribution in [-0.2, 0) is 16.9 Å². The Morgan fingerprint density at radius 1 is 1.20 bits per heavy atom. The van der Waals surface area contributed by atoms with Crippen LogP contribution in [0.1, 0.15) is 18.4 Å². The zero-order valence-corrected chi connectivity index (χ0v) is 16.0. The van der Waals surface area contributed by atoms with E-state index in [2.05, 4.69) is 15.5 Å². The molecule has 10 heteroatoms. The normalized spacial score (nSPS) is 18.6. The first-order chi connectivity index (χ1) is 14.3.